The van der Waals surface area contributed by atoms with Crippen LogP contribution in [-0.4, -0.2) is 109 Å². The van der Waals surface area contributed by atoms with E-state index in [1.54, 1.807) is 9.80 Å². The third kappa shape index (κ3) is 22.6. The van der Waals surface area contributed by atoms with Gasteiger partial charge in [-0.3, -0.25) is 9.80 Å². The molecule has 0 aromatic rings. The van der Waals surface area contributed by atoms with E-state index in [9.17, 15) is 33.7 Å². The lowest BCUT2D eigenvalue weighted by molar-refractivity contribution is 0.211. The van der Waals surface area contributed by atoms with Crippen LogP contribution >= 0.6 is 0 Å². The molecular formula is C10H32N10O8S4. The topological polar surface area (TPSA) is 295 Å². The van der Waals surface area contributed by atoms with Crippen LogP contribution in [0.2, 0.25) is 0 Å². The molecule has 0 aliphatic carbocycles. The average Bonchev–Trinajstić information content (AvgIpc) is 2.54. The van der Waals surface area contributed by atoms with Gasteiger partial charge in [0.25, 0.3) is 40.8 Å². The Balaban J connectivity index is 4.97. The first-order valence-electron chi connectivity index (χ1n) is 8.90. The maximum Gasteiger partial charge on any atom is 0.274 e. The zero-order valence-electron chi connectivity index (χ0n) is 17.2. The Morgan fingerprint density at radius 1 is 0.406 bits per heavy atom. The number of rotatable bonds is 19. The molecule has 194 valence electrons. The van der Waals surface area contributed by atoms with Gasteiger partial charge in [0.05, 0.1) is 0 Å². The lowest BCUT2D eigenvalue weighted by Crippen LogP contribution is -2.47. The van der Waals surface area contributed by atoms with Crippen molar-refractivity contribution in [2.24, 2.45) is 20.6 Å². The van der Waals surface area contributed by atoms with Crippen molar-refractivity contribution in [3.63, 3.8) is 0 Å². The van der Waals surface area contributed by atoms with E-state index >= 15 is 0 Å². The Labute approximate surface area is 189 Å². The standard InChI is InChI=1S/C10H32N10O8S4/c11-29(21,22)15-1-5-19(6-2-16-30(12,23)24)9-10-20(7-3-17-31(13,25)26)8-4-18-32(14,27)28/h15-18H,1-10H2,(H2,11,21,22)(H2,12,23,24)(H2,13,25,26)(H2,14,27,28). The van der Waals surface area contributed by atoms with Crippen LogP contribution in [-0.2, 0) is 40.8 Å². The molecule has 0 saturated carbocycles. The van der Waals surface area contributed by atoms with Crippen molar-refractivity contribution >= 4 is 40.8 Å². The van der Waals surface area contributed by atoms with Crippen molar-refractivity contribution < 1.29 is 33.7 Å². The van der Waals surface area contributed by atoms with Gasteiger partial charge >= 0.3 is 0 Å². The fourth-order valence-electron chi connectivity index (χ4n) is 2.34. The molecule has 0 radical (unpaired) electrons. The second-order valence-electron chi connectivity index (χ2n) is 6.44. The van der Waals surface area contributed by atoms with Crippen molar-refractivity contribution in [3.05, 3.63) is 0 Å². The molecule has 0 rings (SSSR count). The van der Waals surface area contributed by atoms with Crippen LogP contribution in [0.15, 0.2) is 0 Å². The van der Waals surface area contributed by atoms with Gasteiger partial charge < -0.3 is 0 Å². The lowest BCUT2D eigenvalue weighted by atomic mass is 10.4. The van der Waals surface area contributed by atoms with Crippen molar-refractivity contribution in [2.45, 2.75) is 0 Å². The SMILES string of the molecule is NS(=O)(=O)NCCN(CCNS(N)(=O)=O)CCN(CCNS(N)(=O)=O)CCNS(N)(=O)=O. The lowest BCUT2D eigenvalue weighted by Gasteiger charge is -2.28. The molecule has 0 unspecified atom stereocenters. The highest BCUT2D eigenvalue weighted by Crippen LogP contribution is 1.94. The van der Waals surface area contributed by atoms with Gasteiger partial charge in [0.1, 0.15) is 0 Å². The highest BCUT2D eigenvalue weighted by molar-refractivity contribution is 7.87. The summed E-state index contributed by atoms with van der Waals surface area (Å²) in [5.41, 5.74) is 0. The van der Waals surface area contributed by atoms with Gasteiger partial charge in [-0.05, 0) is 0 Å². The molecule has 0 heterocycles. The summed E-state index contributed by atoms with van der Waals surface area (Å²) in [5.74, 6) is 0. The number of nitrogens with one attached hydrogen (secondary N) is 4. The smallest absolute Gasteiger partial charge is 0.274 e. The predicted octanol–water partition coefficient (Wildman–Crippen LogP) is -7.24. The summed E-state index contributed by atoms with van der Waals surface area (Å²) in [7, 11) is -15.7. The van der Waals surface area contributed by atoms with Crippen LogP contribution in [0.4, 0.5) is 0 Å². The first-order valence-corrected chi connectivity index (χ1v) is 15.1. The molecule has 18 nitrogen and oxygen atoms in total. The van der Waals surface area contributed by atoms with E-state index in [1.807, 2.05) is 0 Å². The molecule has 0 spiro atoms. The molecule has 0 bridgehead atoms. The highest BCUT2D eigenvalue weighted by Gasteiger charge is 2.13. The quantitative estimate of drug-likeness (QED) is 0.0753. The Morgan fingerprint density at radius 3 is 0.750 bits per heavy atom. The molecule has 12 N–H and O–H groups in total. The second-order valence-corrected chi connectivity index (χ2v) is 12.0. The van der Waals surface area contributed by atoms with Crippen molar-refractivity contribution in [2.75, 3.05) is 65.4 Å². The molecule has 0 aromatic heterocycles. The summed E-state index contributed by atoms with van der Waals surface area (Å²) < 4.78 is 96.6. The Morgan fingerprint density at radius 2 is 0.594 bits per heavy atom. The zero-order chi connectivity index (χ0) is 25.1. The molecule has 0 aliphatic heterocycles. The first kappa shape index (κ1) is 31.4. The number of hydrogen-bond donors (Lipinski definition) is 8. The van der Waals surface area contributed by atoms with Crippen molar-refractivity contribution in [1.29, 1.82) is 0 Å². The molecule has 0 saturated heterocycles. The summed E-state index contributed by atoms with van der Waals surface area (Å²) >= 11 is 0. The van der Waals surface area contributed by atoms with Crippen LogP contribution in [0.1, 0.15) is 0 Å². The van der Waals surface area contributed by atoms with Gasteiger partial charge in [-0.25, -0.2) is 39.4 Å². The van der Waals surface area contributed by atoms with E-state index in [0.717, 1.165) is 0 Å². The number of hydrogen-bond acceptors (Lipinski definition) is 10. The van der Waals surface area contributed by atoms with Gasteiger partial charge in [-0.2, -0.15) is 33.7 Å². The van der Waals surface area contributed by atoms with E-state index in [0.29, 0.717) is 0 Å². The fourth-order valence-corrected chi connectivity index (χ4v) is 3.84. The summed E-state index contributed by atoms with van der Waals surface area (Å²) in [5, 5.41) is 19.5. The summed E-state index contributed by atoms with van der Waals surface area (Å²) in [4.78, 5) is 3.37. The minimum absolute atomic E-state index is 0.0614. The minimum Gasteiger partial charge on any atom is -0.299 e. The fraction of sp³-hybridized carbons (Fsp3) is 1.00. The molecule has 32 heavy (non-hydrogen) atoms. The van der Waals surface area contributed by atoms with Crippen LogP contribution in [0, 0.1) is 0 Å². The molecule has 0 aliphatic rings. The largest absolute Gasteiger partial charge is 0.299 e. The summed E-state index contributed by atoms with van der Waals surface area (Å²) in [6, 6.07) is 0. The third-order valence-electron chi connectivity index (χ3n) is 3.66. The molecule has 0 aromatic carbocycles. The van der Waals surface area contributed by atoms with E-state index in [-0.39, 0.29) is 65.4 Å². The predicted molar refractivity (Wildman–Crippen MR) is 117 cm³/mol. The van der Waals surface area contributed by atoms with Gasteiger partial charge in [-0.1, -0.05) is 0 Å². The summed E-state index contributed by atoms with van der Waals surface area (Å²) in [6.07, 6.45) is 0. The van der Waals surface area contributed by atoms with Crippen molar-refractivity contribution in [3.8, 4) is 0 Å². The van der Waals surface area contributed by atoms with Crippen molar-refractivity contribution in [1.82, 2.24) is 28.7 Å². The number of nitrogens with two attached hydrogens (primary N) is 4. The third-order valence-corrected chi connectivity index (χ3v) is 6.08. The minimum atomic E-state index is -3.92. The maximum atomic E-state index is 11.0. The Bertz CT molecular complexity index is 813. The van der Waals surface area contributed by atoms with Gasteiger partial charge in [0.15, 0.2) is 0 Å². The first-order chi connectivity index (χ1) is 14.4. The van der Waals surface area contributed by atoms with Gasteiger partial charge in [0, 0.05) is 65.4 Å². The molecule has 0 amide bonds. The van der Waals surface area contributed by atoms with E-state index in [1.165, 1.54) is 0 Å². The normalized spacial score (nSPS) is 13.8. The van der Waals surface area contributed by atoms with Crippen LogP contribution in [0.25, 0.3) is 0 Å². The highest BCUT2D eigenvalue weighted by atomic mass is 32.2. The van der Waals surface area contributed by atoms with E-state index in [4.69, 9.17) is 20.6 Å². The molecule has 0 fully saturated rings. The molecule has 0 atom stereocenters. The Hall–Kier alpha value is -0.600. The van der Waals surface area contributed by atoms with E-state index < -0.39 is 40.8 Å². The number of nitrogens with zero attached hydrogens (tertiary/aromatic N) is 2. The van der Waals surface area contributed by atoms with Crippen LogP contribution in [0.5, 0.6) is 0 Å². The molecular weight excluding hydrogens is 516 g/mol. The van der Waals surface area contributed by atoms with Crippen LogP contribution in [0.3, 0.4) is 0 Å². The monoisotopic (exact) mass is 548 g/mol. The average molecular weight is 549 g/mol. The van der Waals surface area contributed by atoms with Crippen LogP contribution < -0.4 is 39.4 Å². The maximum absolute atomic E-state index is 11.0. The Kier molecular flexibility index (Phi) is 13.7. The van der Waals surface area contributed by atoms with E-state index in [2.05, 4.69) is 18.9 Å². The van der Waals surface area contributed by atoms with Gasteiger partial charge in [-0.15, -0.1) is 0 Å². The zero-order valence-corrected chi connectivity index (χ0v) is 20.4. The second kappa shape index (κ2) is 14.0. The summed E-state index contributed by atoms with van der Waals surface area (Å²) in [6.45, 7) is 0.906. The van der Waals surface area contributed by atoms with Gasteiger partial charge in [0.2, 0.25) is 0 Å². The molecule has 22 heteroatoms.